The molecule has 1 aromatic carbocycles. The highest BCUT2D eigenvalue weighted by Gasteiger charge is 2.35. The van der Waals surface area contributed by atoms with Gasteiger partial charge in [0.15, 0.2) is 0 Å². The molecule has 0 bridgehead atoms. The van der Waals surface area contributed by atoms with Gasteiger partial charge >= 0.3 is 5.97 Å². The Labute approximate surface area is 134 Å². The van der Waals surface area contributed by atoms with E-state index < -0.39 is 11.5 Å². The Morgan fingerprint density at radius 1 is 1.35 bits per heavy atom. The van der Waals surface area contributed by atoms with Gasteiger partial charge < -0.3 is 15.8 Å². The first-order valence-corrected chi connectivity index (χ1v) is 7.11. The summed E-state index contributed by atoms with van der Waals surface area (Å²) in [6.07, 6.45) is 3.70. The van der Waals surface area contributed by atoms with Crippen LogP contribution in [-0.4, -0.2) is 34.1 Å². The second-order valence-electron chi connectivity index (χ2n) is 5.50. The molecule has 3 N–H and O–H groups in total. The van der Waals surface area contributed by atoms with E-state index in [2.05, 4.69) is 10.3 Å². The highest BCUT2D eigenvalue weighted by Crippen LogP contribution is 2.18. The molecule has 0 fully saturated rings. The number of hydrogen-bond donors (Lipinski definition) is 2. The van der Waals surface area contributed by atoms with E-state index in [9.17, 15) is 9.59 Å². The van der Waals surface area contributed by atoms with Crippen LogP contribution in [0.2, 0.25) is 0 Å². The van der Waals surface area contributed by atoms with Crippen molar-refractivity contribution in [1.82, 2.24) is 14.9 Å². The second-order valence-corrected chi connectivity index (χ2v) is 5.50. The molecule has 0 saturated carbocycles. The van der Waals surface area contributed by atoms with Crippen LogP contribution >= 0.6 is 0 Å². The van der Waals surface area contributed by atoms with E-state index in [0.29, 0.717) is 12.4 Å². The molecular weight excluding hydrogens is 296 g/mol. The van der Waals surface area contributed by atoms with Crippen molar-refractivity contribution in [3.05, 3.63) is 42.2 Å². The van der Waals surface area contributed by atoms with Crippen molar-refractivity contribution in [1.29, 1.82) is 0 Å². The maximum absolute atomic E-state index is 12.0. The van der Waals surface area contributed by atoms with Crippen molar-refractivity contribution >= 4 is 17.8 Å². The number of rotatable bonds is 5. The number of ether oxygens (including phenoxy) is 1. The molecule has 0 spiro atoms. The summed E-state index contributed by atoms with van der Waals surface area (Å²) < 4.78 is 6.55. The number of nitrogens with zero attached hydrogens (tertiary/aromatic N) is 2. The van der Waals surface area contributed by atoms with E-state index in [1.165, 1.54) is 14.0 Å². The number of nitrogen functional groups attached to an aromatic ring is 1. The largest absolute Gasteiger partial charge is 0.467 e. The second kappa shape index (κ2) is 6.51. The van der Waals surface area contributed by atoms with Crippen molar-refractivity contribution in [2.75, 3.05) is 12.8 Å². The summed E-state index contributed by atoms with van der Waals surface area (Å²) >= 11 is 0. The van der Waals surface area contributed by atoms with Crippen LogP contribution in [0.15, 0.2) is 36.7 Å². The standard InChI is InChI=1S/C16H20N4O3/c1-11(21)19-16(2,14(22)23-3)10-12-4-6-13(7-5-12)20-9-8-18-15(20)17/h4-9H,10H2,1-3H3,(H2,17,18)(H,19,21)/t16-/m0/s1. The molecule has 0 aliphatic carbocycles. The monoisotopic (exact) mass is 316 g/mol. The van der Waals surface area contributed by atoms with Crippen molar-refractivity contribution < 1.29 is 14.3 Å². The summed E-state index contributed by atoms with van der Waals surface area (Å²) in [5.74, 6) is -0.383. The zero-order chi connectivity index (χ0) is 17.0. The van der Waals surface area contributed by atoms with Crippen molar-refractivity contribution in [3.63, 3.8) is 0 Å². The van der Waals surface area contributed by atoms with Crippen LogP contribution in [0.25, 0.3) is 5.69 Å². The third-order valence-corrected chi connectivity index (χ3v) is 3.53. The summed E-state index contributed by atoms with van der Waals surface area (Å²) in [5.41, 5.74) is 6.40. The van der Waals surface area contributed by atoms with Crippen LogP contribution in [0.5, 0.6) is 0 Å². The number of carbonyl (C=O) groups is 2. The summed E-state index contributed by atoms with van der Waals surface area (Å²) in [4.78, 5) is 27.4. The zero-order valence-corrected chi connectivity index (χ0v) is 13.4. The third kappa shape index (κ3) is 3.68. The lowest BCUT2D eigenvalue weighted by Gasteiger charge is -2.27. The fraction of sp³-hybridized carbons (Fsp3) is 0.312. The zero-order valence-electron chi connectivity index (χ0n) is 13.4. The summed E-state index contributed by atoms with van der Waals surface area (Å²) in [6.45, 7) is 3.01. The number of benzene rings is 1. The van der Waals surface area contributed by atoms with E-state index in [1.54, 1.807) is 23.9 Å². The van der Waals surface area contributed by atoms with Gasteiger partial charge in [-0.05, 0) is 24.6 Å². The average molecular weight is 316 g/mol. The number of methoxy groups -OCH3 is 1. The summed E-state index contributed by atoms with van der Waals surface area (Å²) in [5, 5.41) is 2.66. The number of imidazole rings is 1. The molecule has 1 heterocycles. The smallest absolute Gasteiger partial charge is 0.331 e. The van der Waals surface area contributed by atoms with Gasteiger partial charge in [0.2, 0.25) is 11.9 Å². The van der Waals surface area contributed by atoms with Gasteiger partial charge in [-0.25, -0.2) is 9.78 Å². The van der Waals surface area contributed by atoms with Gasteiger partial charge in [-0.1, -0.05) is 12.1 Å². The van der Waals surface area contributed by atoms with Crippen LogP contribution < -0.4 is 11.1 Å². The van der Waals surface area contributed by atoms with E-state index in [4.69, 9.17) is 10.5 Å². The number of hydrogen-bond acceptors (Lipinski definition) is 5. The lowest BCUT2D eigenvalue weighted by atomic mass is 9.92. The normalized spacial score (nSPS) is 13.2. The molecule has 23 heavy (non-hydrogen) atoms. The number of carbonyl (C=O) groups excluding carboxylic acids is 2. The van der Waals surface area contributed by atoms with Gasteiger partial charge in [0.25, 0.3) is 0 Å². The van der Waals surface area contributed by atoms with Crippen LogP contribution in [0.4, 0.5) is 5.95 Å². The molecule has 0 aliphatic rings. The molecule has 0 radical (unpaired) electrons. The Hall–Kier alpha value is -2.83. The fourth-order valence-electron chi connectivity index (χ4n) is 2.50. The lowest BCUT2D eigenvalue weighted by Crippen LogP contribution is -2.53. The van der Waals surface area contributed by atoms with Gasteiger partial charge in [-0.2, -0.15) is 0 Å². The van der Waals surface area contributed by atoms with Crippen molar-refractivity contribution in [3.8, 4) is 5.69 Å². The third-order valence-electron chi connectivity index (χ3n) is 3.53. The maximum atomic E-state index is 12.0. The van der Waals surface area contributed by atoms with Crippen LogP contribution in [0.1, 0.15) is 19.4 Å². The van der Waals surface area contributed by atoms with Gasteiger partial charge in [-0.15, -0.1) is 0 Å². The first-order valence-electron chi connectivity index (χ1n) is 7.11. The van der Waals surface area contributed by atoms with E-state index in [0.717, 1.165) is 11.3 Å². The van der Waals surface area contributed by atoms with Gasteiger partial charge in [0.1, 0.15) is 5.54 Å². The Morgan fingerprint density at radius 2 is 2.00 bits per heavy atom. The highest BCUT2D eigenvalue weighted by molar-refractivity contribution is 5.87. The molecule has 1 atom stereocenters. The number of amides is 1. The fourth-order valence-corrected chi connectivity index (χ4v) is 2.50. The molecule has 2 aromatic rings. The number of esters is 1. The van der Waals surface area contributed by atoms with E-state index >= 15 is 0 Å². The Bertz CT molecular complexity index is 708. The predicted octanol–water partition coefficient (Wildman–Crippen LogP) is 1.06. The molecule has 1 amide bonds. The van der Waals surface area contributed by atoms with Crippen LogP contribution in [0.3, 0.4) is 0 Å². The SMILES string of the molecule is COC(=O)[C@](C)(Cc1ccc(-n2ccnc2N)cc1)NC(C)=O. The quantitative estimate of drug-likeness (QED) is 0.804. The molecule has 122 valence electrons. The predicted molar refractivity (Wildman–Crippen MR) is 85.9 cm³/mol. The Morgan fingerprint density at radius 3 is 2.48 bits per heavy atom. The topological polar surface area (TPSA) is 99.2 Å². The molecular formula is C16H20N4O3. The van der Waals surface area contributed by atoms with Gasteiger partial charge in [0.05, 0.1) is 7.11 Å². The van der Waals surface area contributed by atoms with Gasteiger partial charge in [-0.3, -0.25) is 9.36 Å². The first kappa shape index (κ1) is 16.5. The molecule has 7 nitrogen and oxygen atoms in total. The van der Waals surface area contributed by atoms with Gasteiger partial charge in [0, 0.05) is 31.4 Å². The number of anilines is 1. The number of nitrogens with one attached hydrogen (secondary N) is 1. The Balaban J connectivity index is 2.23. The average Bonchev–Trinajstić information content (AvgIpc) is 2.92. The minimum absolute atomic E-state index is 0.291. The van der Waals surface area contributed by atoms with Crippen molar-refractivity contribution in [2.45, 2.75) is 25.8 Å². The summed E-state index contributed by atoms with van der Waals surface area (Å²) in [7, 11) is 1.30. The minimum atomic E-state index is -1.11. The molecule has 7 heteroatoms. The Kier molecular flexibility index (Phi) is 4.68. The molecule has 1 aromatic heterocycles. The molecule has 0 saturated heterocycles. The number of nitrogens with two attached hydrogens (primary N) is 1. The molecule has 2 rings (SSSR count). The first-order chi connectivity index (χ1) is 10.9. The molecule has 0 aliphatic heterocycles. The molecule has 0 unspecified atom stereocenters. The summed E-state index contributed by atoms with van der Waals surface area (Å²) in [6, 6.07) is 7.49. The minimum Gasteiger partial charge on any atom is -0.467 e. The van der Waals surface area contributed by atoms with Crippen LogP contribution in [-0.2, 0) is 20.7 Å². The van der Waals surface area contributed by atoms with Crippen molar-refractivity contribution in [2.24, 2.45) is 0 Å². The van der Waals surface area contributed by atoms with Crippen LogP contribution in [0, 0.1) is 0 Å². The number of aromatic nitrogens is 2. The lowest BCUT2D eigenvalue weighted by molar-refractivity contribution is -0.149. The van der Waals surface area contributed by atoms with E-state index in [-0.39, 0.29) is 5.91 Å². The highest BCUT2D eigenvalue weighted by atomic mass is 16.5. The maximum Gasteiger partial charge on any atom is 0.331 e. The van der Waals surface area contributed by atoms with E-state index in [1.807, 2.05) is 24.3 Å².